The second kappa shape index (κ2) is 10.1. The minimum atomic E-state index is -0.420. The van der Waals surface area contributed by atoms with Crippen LogP contribution >= 0.6 is 0 Å². The lowest BCUT2D eigenvalue weighted by Gasteiger charge is -2.00. The van der Waals surface area contributed by atoms with Crippen LogP contribution in [0.2, 0.25) is 0 Å². The summed E-state index contributed by atoms with van der Waals surface area (Å²) in [7, 11) is 0. The number of unbranched alkanes of at least 4 members (excludes halogenated alkanes) is 2. The summed E-state index contributed by atoms with van der Waals surface area (Å²) in [5.74, 6) is -0.618. The number of hydrazone groups is 1. The van der Waals surface area contributed by atoms with Gasteiger partial charge in [-0.3, -0.25) is 14.8 Å². The van der Waals surface area contributed by atoms with Gasteiger partial charge in [0, 0.05) is 12.8 Å². The highest BCUT2D eigenvalue weighted by Gasteiger charge is 2.01. The van der Waals surface area contributed by atoms with Crippen molar-refractivity contribution in [2.24, 2.45) is 5.10 Å². The van der Waals surface area contributed by atoms with Crippen LogP contribution in [-0.2, 0) is 9.59 Å². The number of hydrogen-bond acceptors (Lipinski definition) is 5. The maximum Gasteiger partial charge on any atom is 0.243 e. The van der Waals surface area contributed by atoms with Crippen LogP contribution in [-0.4, -0.2) is 23.2 Å². The lowest BCUT2D eigenvalue weighted by molar-refractivity contribution is -0.129. The number of carbonyl (C=O) groups excluding carboxylic acids is 2. The molecule has 7 nitrogen and oxygen atoms in total. The summed E-state index contributed by atoms with van der Waals surface area (Å²) >= 11 is 0. The van der Waals surface area contributed by atoms with Crippen LogP contribution in [0.3, 0.4) is 0 Å². The zero-order chi connectivity index (χ0) is 16.2. The average molecular weight is 302 g/mol. The Morgan fingerprint density at radius 2 is 1.77 bits per heavy atom. The number of nitrogens with one attached hydrogen (secondary N) is 2. The highest BCUT2D eigenvalue weighted by Crippen LogP contribution is 2.03. The van der Waals surface area contributed by atoms with Crippen molar-refractivity contribution >= 4 is 18.0 Å². The summed E-state index contributed by atoms with van der Waals surface area (Å²) in [6.45, 7) is 0. The third-order valence-electron chi connectivity index (χ3n) is 2.88. The topological polar surface area (TPSA) is 115 Å². The van der Waals surface area contributed by atoms with Gasteiger partial charge in [-0.1, -0.05) is 18.6 Å². The molecule has 2 amide bonds. The Hall–Kier alpha value is -2.72. The summed E-state index contributed by atoms with van der Waals surface area (Å²) in [5.41, 5.74) is 5.33. The number of amides is 2. The zero-order valence-electron chi connectivity index (χ0n) is 12.1. The third kappa shape index (κ3) is 7.17. The molecule has 0 aromatic heterocycles. The van der Waals surface area contributed by atoms with Gasteiger partial charge >= 0.3 is 0 Å². The van der Waals surface area contributed by atoms with E-state index in [1.807, 2.05) is 6.07 Å². The first-order valence-corrected chi connectivity index (χ1v) is 6.90. The van der Waals surface area contributed by atoms with Gasteiger partial charge in [-0.05, 0) is 30.5 Å². The van der Waals surface area contributed by atoms with Crippen LogP contribution in [0.4, 0.5) is 0 Å². The predicted molar refractivity (Wildman–Crippen MR) is 79.9 cm³/mol. The average Bonchev–Trinajstić information content (AvgIpc) is 2.55. The molecule has 0 aliphatic carbocycles. The standard InChI is InChI=1S/C15H18N4O3/c16-10-12-6-8-13(9-7-12)11-17-18-14(20)4-2-1-3-5-15(21)19-22/h6-9,11,22H,1-5H2,(H,18,20)(H,19,21)/b17-11+. The van der Waals surface area contributed by atoms with Crippen LogP contribution in [0.5, 0.6) is 0 Å². The van der Waals surface area contributed by atoms with Crippen LogP contribution in [0, 0.1) is 11.3 Å². The smallest absolute Gasteiger partial charge is 0.243 e. The fourth-order valence-electron chi connectivity index (χ4n) is 1.68. The molecule has 1 rings (SSSR count). The second-order valence-electron chi connectivity index (χ2n) is 4.62. The van der Waals surface area contributed by atoms with Gasteiger partial charge < -0.3 is 0 Å². The van der Waals surface area contributed by atoms with E-state index in [-0.39, 0.29) is 12.3 Å². The van der Waals surface area contributed by atoms with E-state index in [2.05, 4.69) is 10.5 Å². The molecule has 0 atom stereocenters. The Kier molecular flexibility index (Phi) is 7.93. The molecule has 1 aromatic carbocycles. The number of nitrogens with zero attached hydrogens (tertiary/aromatic N) is 2. The quantitative estimate of drug-likeness (QED) is 0.292. The number of benzene rings is 1. The normalized spacial score (nSPS) is 10.2. The minimum absolute atomic E-state index is 0.198. The summed E-state index contributed by atoms with van der Waals surface area (Å²) in [6.07, 6.45) is 4.07. The second-order valence-corrected chi connectivity index (χ2v) is 4.62. The molecule has 1 aromatic rings. The summed E-state index contributed by atoms with van der Waals surface area (Å²) in [5, 5.41) is 20.8. The van der Waals surface area contributed by atoms with Gasteiger partial charge in [-0.2, -0.15) is 10.4 Å². The molecule has 0 radical (unpaired) electrons. The Bertz CT molecular complexity index is 561. The number of hydrogen-bond donors (Lipinski definition) is 3. The van der Waals surface area contributed by atoms with E-state index < -0.39 is 5.91 Å². The van der Waals surface area contributed by atoms with Crippen molar-refractivity contribution in [2.45, 2.75) is 32.1 Å². The lowest BCUT2D eigenvalue weighted by Crippen LogP contribution is -2.18. The van der Waals surface area contributed by atoms with Gasteiger partial charge in [0.25, 0.3) is 0 Å². The molecule has 22 heavy (non-hydrogen) atoms. The van der Waals surface area contributed by atoms with Crippen molar-refractivity contribution in [1.82, 2.24) is 10.9 Å². The van der Waals surface area contributed by atoms with E-state index in [0.717, 1.165) is 12.0 Å². The first-order valence-electron chi connectivity index (χ1n) is 6.90. The van der Waals surface area contributed by atoms with Crippen molar-refractivity contribution in [3.8, 4) is 6.07 Å². The van der Waals surface area contributed by atoms with Gasteiger partial charge in [0.2, 0.25) is 11.8 Å². The van der Waals surface area contributed by atoms with Crippen molar-refractivity contribution in [3.05, 3.63) is 35.4 Å². The minimum Gasteiger partial charge on any atom is -0.289 e. The largest absolute Gasteiger partial charge is 0.289 e. The molecule has 0 unspecified atom stereocenters. The Labute approximate surface area is 128 Å². The van der Waals surface area contributed by atoms with Gasteiger partial charge in [0.15, 0.2) is 0 Å². The third-order valence-corrected chi connectivity index (χ3v) is 2.88. The van der Waals surface area contributed by atoms with E-state index >= 15 is 0 Å². The van der Waals surface area contributed by atoms with E-state index in [0.29, 0.717) is 24.8 Å². The van der Waals surface area contributed by atoms with Crippen molar-refractivity contribution < 1.29 is 14.8 Å². The maximum atomic E-state index is 11.5. The fourth-order valence-corrected chi connectivity index (χ4v) is 1.68. The number of rotatable bonds is 8. The molecular weight excluding hydrogens is 284 g/mol. The van der Waals surface area contributed by atoms with Crippen molar-refractivity contribution in [1.29, 1.82) is 5.26 Å². The first-order chi connectivity index (χ1) is 10.7. The monoisotopic (exact) mass is 302 g/mol. The van der Waals surface area contributed by atoms with Crippen LogP contribution < -0.4 is 10.9 Å². The predicted octanol–water partition coefficient (Wildman–Crippen LogP) is 1.46. The summed E-state index contributed by atoms with van der Waals surface area (Å²) in [6, 6.07) is 8.84. The number of nitriles is 1. The molecule has 0 aliphatic heterocycles. The molecule has 0 aliphatic rings. The maximum absolute atomic E-state index is 11.5. The van der Waals surface area contributed by atoms with E-state index in [9.17, 15) is 9.59 Å². The lowest BCUT2D eigenvalue weighted by atomic mass is 10.1. The molecule has 0 heterocycles. The summed E-state index contributed by atoms with van der Waals surface area (Å²) < 4.78 is 0. The number of hydroxylamine groups is 1. The van der Waals surface area contributed by atoms with Gasteiger partial charge in [0.05, 0.1) is 17.8 Å². The molecule has 0 saturated carbocycles. The molecule has 0 saturated heterocycles. The number of carbonyl (C=O) groups is 2. The molecule has 3 N–H and O–H groups in total. The Morgan fingerprint density at radius 3 is 2.36 bits per heavy atom. The molecule has 0 fully saturated rings. The van der Waals surface area contributed by atoms with Crippen LogP contribution in [0.25, 0.3) is 0 Å². The van der Waals surface area contributed by atoms with Gasteiger partial charge in [-0.25, -0.2) is 10.9 Å². The zero-order valence-corrected chi connectivity index (χ0v) is 12.1. The molecule has 116 valence electrons. The molecule has 7 heteroatoms. The Morgan fingerprint density at radius 1 is 1.14 bits per heavy atom. The fraction of sp³-hybridized carbons (Fsp3) is 0.333. The van der Waals surface area contributed by atoms with E-state index in [1.54, 1.807) is 29.7 Å². The van der Waals surface area contributed by atoms with Crippen LogP contribution in [0.15, 0.2) is 29.4 Å². The SMILES string of the molecule is N#Cc1ccc(/C=N/NC(=O)CCCCCC(=O)NO)cc1. The summed E-state index contributed by atoms with van der Waals surface area (Å²) in [4.78, 5) is 22.2. The highest BCUT2D eigenvalue weighted by atomic mass is 16.5. The Balaban J connectivity index is 2.18. The first kappa shape index (κ1) is 17.3. The van der Waals surface area contributed by atoms with E-state index in [4.69, 9.17) is 10.5 Å². The van der Waals surface area contributed by atoms with Gasteiger partial charge in [-0.15, -0.1) is 0 Å². The van der Waals surface area contributed by atoms with Crippen LogP contribution in [0.1, 0.15) is 43.2 Å². The molecule has 0 bridgehead atoms. The molecular formula is C15H18N4O3. The van der Waals surface area contributed by atoms with Crippen molar-refractivity contribution in [3.63, 3.8) is 0 Å². The van der Waals surface area contributed by atoms with Crippen molar-refractivity contribution in [2.75, 3.05) is 0 Å². The van der Waals surface area contributed by atoms with Gasteiger partial charge in [0.1, 0.15) is 0 Å². The molecule has 0 spiro atoms. The highest BCUT2D eigenvalue weighted by molar-refractivity contribution is 5.82. The van der Waals surface area contributed by atoms with E-state index in [1.165, 1.54) is 6.21 Å².